The summed E-state index contributed by atoms with van der Waals surface area (Å²) in [4.78, 5) is 8.21. The number of nitrogens with two attached hydrogens (primary N) is 1. The molecular formula is C16H22F4N4. The molecule has 0 aromatic heterocycles. The fourth-order valence-electron chi connectivity index (χ4n) is 2.58. The van der Waals surface area contributed by atoms with E-state index in [-0.39, 0.29) is 12.2 Å². The molecular weight excluding hydrogens is 324 g/mol. The van der Waals surface area contributed by atoms with E-state index >= 15 is 0 Å². The third-order valence-corrected chi connectivity index (χ3v) is 3.94. The van der Waals surface area contributed by atoms with Crippen LogP contribution < -0.4 is 10.6 Å². The van der Waals surface area contributed by atoms with Gasteiger partial charge in [-0.2, -0.15) is 13.2 Å². The number of rotatable bonds is 5. The van der Waals surface area contributed by atoms with Crippen molar-refractivity contribution in [3.05, 3.63) is 30.1 Å². The van der Waals surface area contributed by atoms with E-state index in [1.807, 2.05) is 4.90 Å². The largest absolute Gasteiger partial charge is 0.389 e. The van der Waals surface area contributed by atoms with Gasteiger partial charge in [0.15, 0.2) is 5.96 Å². The summed E-state index contributed by atoms with van der Waals surface area (Å²) in [6.07, 6.45) is -4.45. The molecule has 1 aromatic rings. The van der Waals surface area contributed by atoms with Gasteiger partial charge in [0.1, 0.15) is 5.82 Å². The van der Waals surface area contributed by atoms with Gasteiger partial charge in [-0.1, -0.05) is 0 Å². The lowest BCUT2D eigenvalue weighted by molar-refractivity contribution is -0.135. The zero-order valence-corrected chi connectivity index (χ0v) is 13.4. The molecule has 0 aliphatic carbocycles. The van der Waals surface area contributed by atoms with Gasteiger partial charge in [-0.15, -0.1) is 0 Å². The monoisotopic (exact) mass is 346 g/mol. The quantitative estimate of drug-likeness (QED) is 0.386. The van der Waals surface area contributed by atoms with E-state index in [0.29, 0.717) is 32.0 Å². The normalized spacial score (nSPS) is 16.6. The van der Waals surface area contributed by atoms with Crippen molar-refractivity contribution in [2.75, 3.05) is 37.6 Å². The lowest BCUT2D eigenvalue weighted by Crippen LogP contribution is -2.51. The number of anilines is 1. The smallest absolute Gasteiger partial charge is 0.370 e. The van der Waals surface area contributed by atoms with Gasteiger partial charge in [-0.3, -0.25) is 4.99 Å². The Morgan fingerprint density at radius 1 is 1.04 bits per heavy atom. The zero-order chi connectivity index (χ0) is 17.6. The molecule has 0 bridgehead atoms. The van der Waals surface area contributed by atoms with Gasteiger partial charge in [-0.05, 0) is 37.1 Å². The standard InChI is InChI=1S/C16H22F4N4/c17-13-3-5-14(6-4-13)23-9-11-24(12-10-23)15(21)22-8-2-1-7-16(18,19)20/h3-6H,1-2,7-12H2,(H2,21,22). The van der Waals surface area contributed by atoms with E-state index in [2.05, 4.69) is 9.89 Å². The van der Waals surface area contributed by atoms with Crippen molar-refractivity contribution in [3.8, 4) is 0 Å². The lowest BCUT2D eigenvalue weighted by atomic mass is 10.2. The molecule has 2 rings (SSSR count). The Morgan fingerprint density at radius 2 is 1.67 bits per heavy atom. The van der Waals surface area contributed by atoms with Crippen molar-refractivity contribution in [1.29, 1.82) is 0 Å². The molecule has 2 N–H and O–H groups in total. The molecule has 1 aliphatic rings. The molecule has 1 aromatic carbocycles. The maximum absolute atomic E-state index is 12.9. The average molecular weight is 346 g/mol. The number of hydrogen-bond donors (Lipinski definition) is 1. The fraction of sp³-hybridized carbons (Fsp3) is 0.562. The van der Waals surface area contributed by atoms with Crippen molar-refractivity contribution in [2.45, 2.75) is 25.4 Å². The molecule has 24 heavy (non-hydrogen) atoms. The topological polar surface area (TPSA) is 44.9 Å². The van der Waals surface area contributed by atoms with Gasteiger partial charge >= 0.3 is 6.18 Å². The second kappa shape index (κ2) is 8.21. The summed E-state index contributed by atoms with van der Waals surface area (Å²) in [5.41, 5.74) is 6.86. The number of alkyl halides is 3. The van der Waals surface area contributed by atoms with Crippen LogP contribution in [0, 0.1) is 5.82 Å². The summed E-state index contributed by atoms with van der Waals surface area (Å²) in [6.45, 7) is 3.12. The van der Waals surface area contributed by atoms with Gasteiger partial charge < -0.3 is 15.5 Å². The van der Waals surface area contributed by atoms with Gasteiger partial charge in [0, 0.05) is 44.8 Å². The van der Waals surface area contributed by atoms with Crippen LogP contribution in [0.1, 0.15) is 19.3 Å². The van der Waals surface area contributed by atoms with Gasteiger partial charge in [0.05, 0.1) is 0 Å². The number of guanidine groups is 1. The molecule has 0 spiro atoms. The van der Waals surface area contributed by atoms with E-state index < -0.39 is 12.6 Å². The summed E-state index contributed by atoms with van der Waals surface area (Å²) >= 11 is 0. The molecule has 1 saturated heterocycles. The van der Waals surface area contributed by atoms with Crippen molar-refractivity contribution in [3.63, 3.8) is 0 Å². The molecule has 1 aliphatic heterocycles. The van der Waals surface area contributed by atoms with Gasteiger partial charge in [0.2, 0.25) is 0 Å². The minimum Gasteiger partial charge on any atom is -0.370 e. The molecule has 0 atom stereocenters. The predicted molar refractivity (Wildman–Crippen MR) is 86.6 cm³/mol. The van der Waals surface area contributed by atoms with Gasteiger partial charge in [-0.25, -0.2) is 4.39 Å². The number of piperazine rings is 1. The highest BCUT2D eigenvalue weighted by Crippen LogP contribution is 2.22. The first kappa shape index (κ1) is 18.4. The molecule has 0 saturated carbocycles. The lowest BCUT2D eigenvalue weighted by Gasteiger charge is -2.36. The Morgan fingerprint density at radius 3 is 2.25 bits per heavy atom. The Hall–Kier alpha value is -1.99. The molecule has 134 valence electrons. The van der Waals surface area contributed by atoms with Crippen molar-refractivity contribution >= 4 is 11.6 Å². The Labute approximate surface area is 138 Å². The maximum Gasteiger partial charge on any atom is 0.389 e. The third-order valence-electron chi connectivity index (χ3n) is 3.94. The van der Waals surface area contributed by atoms with Crippen LogP contribution in [0.2, 0.25) is 0 Å². The highest BCUT2D eigenvalue weighted by atomic mass is 19.4. The molecule has 8 heteroatoms. The Balaban J connectivity index is 1.73. The van der Waals surface area contributed by atoms with E-state index in [4.69, 9.17) is 5.73 Å². The molecule has 0 radical (unpaired) electrons. The zero-order valence-electron chi connectivity index (χ0n) is 13.4. The summed E-state index contributed by atoms with van der Waals surface area (Å²) < 4.78 is 49.0. The molecule has 0 unspecified atom stereocenters. The van der Waals surface area contributed by atoms with E-state index in [9.17, 15) is 17.6 Å². The van der Waals surface area contributed by atoms with E-state index in [1.165, 1.54) is 12.1 Å². The first-order valence-electron chi connectivity index (χ1n) is 7.97. The van der Waals surface area contributed by atoms with Crippen LogP contribution in [-0.2, 0) is 0 Å². The molecule has 4 nitrogen and oxygen atoms in total. The van der Waals surface area contributed by atoms with Crippen LogP contribution in [-0.4, -0.2) is 49.8 Å². The van der Waals surface area contributed by atoms with Crippen molar-refractivity contribution in [2.24, 2.45) is 10.7 Å². The summed E-state index contributed by atoms with van der Waals surface area (Å²) in [7, 11) is 0. The minimum atomic E-state index is -4.11. The van der Waals surface area contributed by atoms with Crippen LogP contribution in [0.3, 0.4) is 0 Å². The fourth-order valence-corrected chi connectivity index (χ4v) is 2.58. The van der Waals surface area contributed by atoms with Crippen molar-refractivity contribution < 1.29 is 17.6 Å². The number of nitrogens with zero attached hydrogens (tertiary/aromatic N) is 3. The Bertz CT molecular complexity index is 534. The predicted octanol–water partition coefficient (Wildman–Crippen LogP) is 3.00. The van der Waals surface area contributed by atoms with E-state index in [0.717, 1.165) is 18.8 Å². The SMILES string of the molecule is NC(=NCCCCC(F)(F)F)N1CCN(c2ccc(F)cc2)CC1. The molecule has 1 heterocycles. The first-order valence-corrected chi connectivity index (χ1v) is 7.97. The number of unbranched alkanes of at least 4 members (excludes halogenated alkanes) is 1. The third kappa shape index (κ3) is 5.90. The second-order valence-corrected chi connectivity index (χ2v) is 5.76. The van der Waals surface area contributed by atoms with Crippen LogP contribution in [0.4, 0.5) is 23.2 Å². The van der Waals surface area contributed by atoms with Gasteiger partial charge in [0.25, 0.3) is 0 Å². The summed E-state index contributed by atoms with van der Waals surface area (Å²) in [5, 5.41) is 0. The average Bonchev–Trinajstić information content (AvgIpc) is 2.54. The molecule has 0 amide bonds. The Kier molecular flexibility index (Phi) is 6.28. The van der Waals surface area contributed by atoms with Crippen LogP contribution >= 0.6 is 0 Å². The second-order valence-electron chi connectivity index (χ2n) is 5.76. The van der Waals surface area contributed by atoms with Crippen LogP contribution in [0.25, 0.3) is 0 Å². The number of benzene rings is 1. The summed E-state index contributed by atoms with van der Waals surface area (Å²) in [6, 6.07) is 6.34. The highest BCUT2D eigenvalue weighted by Gasteiger charge is 2.25. The highest BCUT2D eigenvalue weighted by molar-refractivity contribution is 5.78. The van der Waals surface area contributed by atoms with Crippen LogP contribution in [0.5, 0.6) is 0 Å². The number of aliphatic imine (C=N–C) groups is 1. The number of hydrogen-bond acceptors (Lipinski definition) is 2. The van der Waals surface area contributed by atoms with E-state index in [1.54, 1.807) is 12.1 Å². The minimum absolute atomic E-state index is 0.0681. The number of halogens is 4. The maximum atomic E-state index is 12.9. The first-order chi connectivity index (χ1) is 11.3. The molecule has 1 fully saturated rings. The summed E-state index contributed by atoms with van der Waals surface area (Å²) in [5.74, 6) is 0.111. The van der Waals surface area contributed by atoms with Crippen LogP contribution in [0.15, 0.2) is 29.3 Å². The van der Waals surface area contributed by atoms with Crippen molar-refractivity contribution in [1.82, 2.24) is 4.90 Å².